The van der Waals surface area contributed by atoms with E-state index in [1.54, 1.807) is 17.5 Å². The van der Waals surface area contributed by atoms with Gasteiger partial charge in [0.15, 0.2) is 5.78 Å². The van der Waals surface area contributed by atoms with Gasteiger partial charge in [0.2, 0.25) is 5.95 Å². The van der Waals surface area contributed by atoms with E-state index in [0.717, 1.165) is 36.7 Å². The third kappa shape index (κ3) is 2.97. The summed E-state index contributed by atoms with van der Waals surface area (Å²) in [5.41, 5.74) is 1.66. The molecule has 126 valence electrons. The monoisotopic (exact) mass is 341 g/mol. The summed E-state index contributed by atoms with van der Waals surface area (Å²) in [6, 6.07) is 4.19. The first kappa shape index (κ1) is 15.8. The van der Waals surface area contributed by atoms with Gasteiger partial charge < -0.3 is 4.90 Å². The van der Waals surface area contributed by atoms with Crippen molar-refractivity contribution in [1.29, 1.82) is 0 Å². The average molecular weight is 341 g/mol. The number of ketones is 1. The first-order chi connectivity index (χ1) is 11.6. The van der Waals surface area contributed by atoms with Crippen LogP contribution in [0.2, 0.25) is 0 Å². The van der Waals surface area contributed by atoms with Crippen molar-refractivity contribution in [3.63, 3.8) is 0 Å². The average Bonchev–Trinajstić information content (AvgIpc) is 3.08. The first-order valence-corrected chi connectivity index (χ1v) is 9.65. The molecule has 24 heavy (non-hydrogen) atoms. The molecule has 4 rings (SSSR count). The number of hydrogen-bond acceptors (Lipinski definition) is 5. The molecule has 0 spiro atoms. The Hall–Kier alpha value is -1.75. The van der Waals surface area contributed by atoms with E-state index < -0.39 is 0 Å². The Labute approximate surface area is 146 Å². The van der Waals surface area contributed by atoms with E-state index in [2.05, 4.69) is 41.2 Å². The van der Waals surface area contributed by atoms with E-state index in [9.17, 15) is 4.79 Å². The molecule has 1 aliphatic heterocycles. The number of thiophene rings is 1. The highest BCUT2D eigenvalue weighted by Gasteiger charge is 2.30. The zero-order valence-electron chi connectivity index (χ0n) is 14.2. The second kappa shape index (κ2) is 6.28. The van der Waals surface area contributed by atoms with E-state index in [1.165, 1.54) is 11.3 Å². The number of piperidine rings is 1. The van der Waals surface area contributed by atoms with E-state index in [0.29, 0.717) is 18.3 Å². The van der Waals surface area contributed by atoms with Crippen LogP contribution in [0.1, 0.15) is 53.5 Å². The number of nitrogens with zero attached hydrogens (tertiary/aromatic N) is 3. The lowest BCUT2D eigenvalue weighted by molar-refractivity contribution is 0.0963. The van der Waals surface area contributed by atoms with Crippen molar-refractivity contribution < 1.29 is 4.79 Å². The Kier molecular flexibility index (Phi) is 4.12. The maximum absolute atomic E-state index is 12.5. The predicted octanol–water partition coefficient (Wildman–Crippen LogP) is 3.93. The summed E-state index contributed by atoms with van der Waals surface area (Å²) >= 11 is 1.73. The smallest absolute Gasteiger partial charge is 0.225 e. The van der Waals surface area contributed by atoms with Gasteiger partial charge in [-0.25, -0.2) is 9.97 Å². The standard InChI is InChI=1S/C19H23N3OS/c1-12-6-13(2)11-22(10-12)19-20-9-15-16(21-19)7-14(8-17(15)23)18-4-3-5-24-18/h3-5,9,12-14H,6-8,10-11H2,1-2H3/t12-,13-,14+/m1/s1. The zero-order chi connectivity index (χ0) is 16.7. The Morgan fingerprint density at radius 2 is 2.00 bits per heavy atom. The van der Waals surface area contributed by atoms with Gasteiger partial charge in [0, 0.05) is 36.5 Å². The number of fused-ring (bicyclic) bond motifs is 1. The second-order valence-electron chi connectivity index (χ2n) is 7.43. The molecular weight excluding hydrogens is 318 g/mol. The Morgan fingerprint density at radius 1 is 1.21 bits per heavy atom. The molecule has 5 heteroatoms. The lowest BCUT2D eigenvalue weighted by Gasteiger charge is -2.35. The van der Waals surface area contributed by atoms with Crippen LogP contribution in [0.3, 0.4) is 0 Å². The molecule has 0 radical (unpaired) electrons. The van der Waals surface area contributed by atoms with Crippen LogP contribution in [-0.4, -0.2) is 28.8 Å². The summed E-state index contributed by atoms with van der Waals surface area (Å²) < 4.78 is 0. The lowest BCUT2D eigenvalue weighted by Crippen LogP contribution is -2.40. The van der Waals surface area contributed by atoms with Gasteiger partial charge in [-0.05, 0) is 36.1 Å². The number of carbonyl (C=O) groups excluding carboxylic acids is 1. The molecule has 1 aliphatic carbocycles. The molecule has 2 aromatic rings. The van der Waals surface area contributed by atoms with Gasteiger partial charge in [-0.3, -0.25) is 4.79 Å². The number of hydrogen-bond donors (Lipinski definition) is 0. The first-order valence-electron chi connectivity index (χ1n) is 8.77. The van der Waals surface area contributed by atoms with Crippen LogP contribution in [0.15, 0.2) is 23.7 Å². The van der Waals surface area contributed by atoms with Gasteiger partial charge in [0.05, 0.1) is 11.3 Å². The van der Waals surface area contributed by atoms with Crippen LogP contribution in [0.25, 0.3) is 0 Å². The fourth-order valence-corrected chi connectivity index (χ4v) is 4.97. The number of aromatic nitrogens is 2. The number of rotatable bonds is 2. The summed E-state index contributed by atoms with van der Waals surface area (Å²) in [5, 5.41) is 2.08. The van der Waals surface area contributed by atoms with Crippen LogP contribution < -0.4 is 4.90 Å². The summed E-state index contributed by atoms with van der Waals surface area (Å²) in [7, 11) is 0. The van der Waals surface area contributed by atoms with E-state index in [-0.39, 0.29) is 11.7 Å². The molecule has 0 saturated carbocycles. The Bertz CT molecular complexity index is 733. The van der Waals surface area contributed by atoms with Crippen LogP contribution in [0.5, 0.6) is 0 Å². The van der Waals surface area contributed by atoms with Crippen molar-refractivity contribution in [2.75, 3.05) is 18.0 Å². The maximum atomic E-state index is 12.5. The van der Waals surface area contributed by atoms with Crippen LogP contribution in [0, 0.1) is 11.8 Å². The molecule has 3 heterocycles. The van der Waals surface area contributed by atoms with Crippen molar-refractivity contribution in [3.05, 3.63) is 39.8 Å². The zero-order valence-corrected chi connectivity index (χ0v) is 15.1. The minimum absolute atomic E-state index is 0.182. The highest BCUT2D eigenvalue weighted by molar-refractivity contribution is 7.10. The minimum atomic E-state index is 0.182. The van der Waals surface area contributed by atoms with E-state index in [1.807, 2.05) is 0 Å². The van der Waals surface area contributed by atoms with Gasteiger partial charge >= 0.3 is 0 Å². The summed E-state index contributed by atoms with van der Waals surface area (Å²) in [5.74, 6) is 2.57. The molecule has 0 bridgehead atoms. The van der Waals surface area contributed by atoms with Crippen molar-refractivity contribution in [2.24, 2.45) is 11.8 Å². The Balaban J connectivity index is 1.62. The van der Waals surface area contributed by atoms with Crippen molar-refractivity contribution in [3.8, 4) is 0 Å². The molecular formula is C19H23N3OS. The molecule has 3 atom stereocenters. The van der Waals surface area contributed by atoms with Gasteiger partial charge in [-0.15, -0.1) is 11.3 Å². The van der Waals surface area contributed by atoms with Crippen LogP contribution in [-0.2, 0) is 6.42 Å². The lowest BCUT2D eigenvalue weighted by atomic mass is 9.85. The topological polar surface area (TPSA) is 46.1 Å². The van der Waals surface area contributed by atoms with E-state index in [4.69, 9.17) is 4.98 Å². The summed E-state index contributed by atoms with van der Waals surface area (Å²) in [4.78, 5) is 25.4. The van der Waals surface area contributed by atoms with Crippen LogP contribution in [0.4, 0.5) is 5.95 Å². The third-order valence-corrected chi connectivity index (χ3v) is 6.16. The largest absolute Gasteiger partial charge is 0.340 e. The number of Topliss-reactive ketones (excluding diaryl/α,β-unsaturated/α-hetero) is 1. The van der Waals surface area contributed by atoms with Crippen molar-refractivity contribution in [1.82, 2.24) is 9.97 Å². The normalized spacial score (nSPS) is 27.2. The van der Waals surface area contributed by atoms with E-state index >= 15 is 0 Å². The molecule has 4 nitrogen and oxygen atoms in total. The molecule has 2 aliphatic rings. The fourth-order valence-electron chi connectivity index (χ4n) is 4.14. The molecule has 1 fully saturated rings. The van der Waals surface area contributed by atoms with Gasteiger partial charge in [-0.1, -0.05) is 19.9 Å². The maximum Gasteiger partial charge on any atom is 0.225 e. The van der Waals surface area contributed by atoms with Gasteiger partial charge in [0.25, 0.3) is 0 Å². The second-order valence-corrected chi connectivity index (χ2v) is 8.40. The number of anilines is 1. The highest BCUT2D eigenvalue weighted by Crippen LogP contribution is 2.34. The number of carbonyl (C=O) groups is 1. The summed E-state index contributed by atoms with van der Waals surface area (Å²) in [6.45, 7) is 6.59. The molecule has 0 amide bonds. The molecule has 1 saturated heterocycles. The molecule has 2 aromatic heterocycles. The quantitative estimate of drug-likeness (QED) is 0.830. The van der Waals surface area contributed by atoms with Gasteiger partial charge in [-0.2, -0.15) is 0 Å². The Morgan fingerprint density at radius 3 is 2.71 bits per heavy atom. The highest BCUT2D eigenvalue weighted by atomic mass is 32.1. The van der Waals surface area contributed by atoms with Crippen LogP contribution >= 0.6 is 11.3 Å². The minimum Gasteiger partial charge on any atom is -0.340 e. The molecule has 0 unspecified atom stereocenters. The van der Waals surface area contributed by atoms with Crippen molar-refractivity contribution >= 4 is 23.1 Å². The fraction of sp³-hybridized carbons (Fsp3) is 0.526. The third-order valence-electron chi connectivity index (χ3n) is 5.12. The predicted molar refractivity (Wildman–Crippen MR) is 96.9 cm³/mol. The SMILES string of the molecule is C[C@@H]1C[C@@H](C)CN(c2ncc3c(n2)C[C@H](c2cccs2)CC3=O)C1. The molecule has 0 aromatic carbocycles. The van der Waals surface area contributed by atoms with Crippen molar-refractivity contribution in [2.45, 2.75) is 39.0 Å². The summed E-state index contributed by atoms with van der Waals surface area (Å²) in [6.07, 6.45) is 4.44. The van der Waals surface area contributed by atoms with Gasteiger partial charge in [0.1, 0.15) is 0 Å². The molecule has 0 N–H and O–H groups in total.